The topological polar surface area (TPSA) is 120 Å². The van der Waals surface area contributed by atoms with E-state index in [1.54, 1.807) is 13.8 Å². The lowest BCUT2D eigenvalue weighted by Gasteiger charge is -2.32. The highest BCUT2D eigenvalue weighted by Crippen LogP contribution is 2.24. The third kappa shape index (κ3) is 2.82. The number of carboxylic acids is 2. The van der Waals surface area contributed by atoms with Gasteiger partial charge in [-0.05, 0) is 6.92 Å². The van der Waals surface area contributed by atoms with E-state index < -0.39 is 42.0 Å². The molecule has 1 aliphatic heterocycles. The van der Waals surface area contributed by atoms with E-state index in [-0.39, 0.29) is 0 Å². The summed E-state index contributed by atoms with van der Waals surface area (Å²) in [5.41, 5.74) is 0. The largest absolute Gasteiger partial charge is 0.480 e. The summed E-state index contributed by atoms with van der Waals surface area (Å²) in [5.74, 6) is -3.63. The lowest BCUT2D eigenvalue weighted by atomic mass is 10.1. The van der Waals surface area contributed by atoms with Gasteiger partial charge in [0, 0.05) is 5.92 Å². The van der Waals surface area contributed by atoms with E-state index in [9.17, 15) is 14.4 Å². The van der Waals surface area contributed by atoms with Gasteiger partial charge in [0.05, 0.1) is 0 Å². The number of carbonyl (C=O) groups excluding carboxylic acids is 1. The number of nitrogens with zero attached hydrogens (tertiary/aromatic N) is 3. The quantitative estimate of drug-likeness (QED) is 0.703. The Hall–Kier alpha value is -1.99. The average Bonchev–Trinajstić information content (AvgIpc) is 3.06. The highest BCUT2D eigenvalue weighted by molar-refractivity contribution is 5.89. The van der Waals surface area contributed by atoms with Gasteiger partial charge >= 0.3 is 11.9 Å². The number of carbonyl (C=O) groups is 3. The van der Waals surface area contributed by atoms with Crippen molar-refractivity contribution in [2.75, 3.05) is 0 Å². The summed E-state index contributed by atoms with van der Waals surface area (Å²) in [4.78, 5) is 35.0. The van der Waals surface area contributed by atoms with E-state index >= 15 is 0 Å². The van der Waals surface area contributed by atoms with Gasteiger partial charge in [0.25, 0.3) is 0 Å². The van der Waals surface area contributed by atoms with Gasteiger partial charge < -0.3 is 15.1 Å². The van der Waals surface area contributed by atoms with E-state index in [2.05, 4.69) is 10.2 Å². The summed E-state index contributed by atoms with van der Waals surface area (Å²) >= 11 is 0. The SMILES string of the molecule is CC(C)C(=O)N(C(C)C(=O)O)C(C(=O)O)C1N=N1. The van der Waals surface area contributed by atoms with Crippen LogP contribution in [0.5, 0.6) is 0 Å². The molecule has 2 unspecified atom stereocenters. The second-order valence-corrected chi connectivity index (χ2v) is 4.34. The molecule has 0 aliphatic carbocycles. The van der Waals surface area contributed by atoms with E-state index in [1.165, 1.54) is 6.92 Å². The van der Waals surface area contributed by atoms with Gasteiger partial charge in [0.1, 0.15) is 6.04 Å². The molecule has 8 heteroatoms. The number of aliphatic carboxylic acids is 2. The van der Waals surface area contributed by atoms with Crippen molar-refractivity contribution in [3.8, 4) is 0 Å². The van der Waals surface area contributed by atoms with Crippen LogP contribution in [0.4, 0.5) is 0 Å². The van der Waals surface area contributed by atoms with Gasteiger partial charge in [-0.3, -0.25) is 4.79 Å². The van der Waals surface area contributed by atoms with Crippen molar-refractivity contribution < 1.29 is 24.6 Å². The number of rotatable bonds is 6. The molecule has 0 spiro atoms. The van der Waals surface area contributed by atoms with E-state index in [0.717, 1.165) is 4.90 Å². The van der Waals surface area contributed by atoms with Gasteiger partial charge in [0.2, 0.25) is 12.1 Å². The zero-order chi connectivity index (χ0) is 14.0. The fourth-order valence-electron chi connectivity index (χ4n) is 1.54. The van der Waals surface area contributed by atoms with Crippen molar-refractivity contribution in [2.45, 2.75) is 39.0 Å². The summed E-state index contributed by atoms with van der Waals surface area (Å²) in [6.07, 6.45) is -0.869. The predicted octanol–water partition coefficient (Wildman–Crippen LogP) is 0.189. The fourth-order valence-corrected chi connectivity index (χ4v) is 1.54. The molecule has 2 atom stereocenters. The van der Waals surface area contributed by atoms with Gasteiger partial charge in [-0.15, -0.1) is 0 Å². The van der Waals surface area contributed by atoms with Crippen LogP contribution in [0.1, 0.15) is 20.8 Å². The molecule has 0 aromatic rings. The Morgan fingerprint density at radius 1 is 1.06 bits per heavy atom. The maximum Gasteiger partial charge on any atom is 0.330 e. The maximum absolute atomic E-state index is 12.0. The first-order valence-electron chi connectivity index (χ1n) is 5.45. The molecular weight excluding hydrogens is 242 g/mol. The molecule has 8 nitrogen and oxygen atoms in total. The fraction of sp³-hybridized carbons (Fsp3) is 0.700. The van der Waals surface area contributed by atoms with Crippen LogP contribution < -0.4 is 0 Å². The van der Waals surface area contributed by atoms with Crippen molar-refractivity contribution in [1.29, 1.82) is 0 Å². The molecule has 0 fully saturated rings. The van der Waals surface area contributed by atoms with Crippen LogP contribution in [0.15, 0.2) is 10.2 Å². The van der Waals surface area contributed by atoms with Gasteiger partial charge in [0.15, 0.2) is 6.04 Å². The molecule has 100 valence electrons. The standard InChI is InChI=1S/C10H15N3O5/c1-4(2)8(14)13(5(3)9(15)16)6(10(17)18)7-11-12-7/h4-7H,1-3H3,(H,15,16)(H,17,18). The second kappa shape index (κ2) is 5.11. The second-order valence-electron chi connectivity index (χ2n) is 4.34. The minimum atomic E-state index is -1.36. The molecule has 0 saturated heterocycles. The number of hydrogen-bond donors (Lipinski definition) is 2. The predicted molar refractivity (Wildman–Crippen MR) is 58.8 cm³/mol. The summed E-state index contributed by atoms with van der Waals surface area (Å²) < 4.78 is 0. The summed E-state index contributed by atoms with van der Waals surface area (Å²) in [7, 11) is 0. The van der Waals surface area contributed by atoms with Crippen LogP contribution in [0.25, 0.3) is 0 Å². The van der Waals surface area contributed by atoms with E-state index in [0.29, 0.717) is 0 Å². The van der Waals surface area contributed by atoms with Crippen molar-refractivity contribution >= 4 is 17.8 Å². The molecule has 1 aliphatic rings. The minimum Gasteiger partial charge on any atom is -0.480 e. The smallest absolute Gasteiger partial charge is 0.330 e. The van der Waals surface area contributed by atoms with Crippen LogP contribution in [0.3, 0.4) is 0 Å². The molecule has 18 heavy (non-hydrogen) atoms. The third-order valence-corrected chi connectivity index (χ3v) is 2.61. The van der Waals surface area contributed by atoms with Gasteiger partial charge in [-0.25, -0.2) is 9.59 Å². The third-order valence-electron chi connectivity index (χ3n) is 2.61. The summed E-state index contributed by atoms with van der Waals surface area (Å²) in [6.45, 7) is 4.41. The molecule has 0 aromatic carbocycles. The molecule has 0 bridgehead atoms. The van der Waals surface area contributed by atoms with E-state index in [1.807, 2.05) is 0 Å². The first-order chi connectivity index (χ1) is 8.27. The first-order valence-corrected chi connectivity index (χ1v) is 5.45. The highest BCUT2D eigenvalue weighted by atomic mass is 16.4. The lowest BCUT2D eigenvalue weighted by Crippen LogP contribution is -2.56. The molecule has 1 rings (SSSR count). The molecule has 0 aromatic heterocycles. The van der Waals surface area contributed by atoms with Crippen LogP contribution in [0.2, 0.25) is 0 Å². The van der Waals surface area contributed by atoms with Gasteiger partial charge in [-0.1, -0.05) is 13.8 Å². The molecule has 1 amide bonds. The van der Waals surface area contributed by atoms with Crippen molar-refractivity contribution in [1.82, 2.24) is 4.90 Å². The number of carboxylic acid groups (broad SMARTS) is 2. The normalized spacial score (nSPS) is 17.3. The zero-order valence-electron chi connectivity index (χ0n) is 10.3. The van der Waals surface area contributed by atoms with Crippen LogP contribution in [-0.4, -0.2) is 51.2 Å². The summed E-state index contributed by atoms with van der Waals surface area (Å²) in [5, 5.41) is 25.0. The molecule has 1 heterocycles. The van der Waals surface area contributed by atoms with Crippen molar-refractivity contribution in [3.63, 3.8) is 0 Å². The Morgan fingerprint density at radius 3 is 1.83 bits per heavy atom. The maximum atomic E-state index is 12.0. The molecular formula is C10H15N3O5. The highest BCUT2D eigenvalue weighted by Gasteiger charge is 2.45. The number of amides is 1. The number of hydrogen-bond acceptors (Lipinski definition) is 5. The van der Waals surface area contributed by atoms with E-state index in [4.69, 9.17) is 10.2 Å². The molecule has 0 radical (unpaired) electrons. The first kappa shape index (κ1) is 14.1. The van der Waals surface area contributed by atoms with Crippen LogP contribution >= 0.6 is 0 Å². The zero-order valence-corrected chi connectivity index (χ0v) is 10.3. The lowest BCUT2D eigenvalue weighted by molar-refractivity contribution is -0.160. The van der Waals surface area contributed by atoms with Crippen LogP contribution in [-0.2, 0) is 14.4 Å². The van der Waals surface area contributed by atoms with Gasteiger partial charge in [-0.2, -0.15) is 10.2 Å². The Labute approximate surface area is 103 Å². The summed E-state index contributed by atoms with van der Waals surface area (Å²) in [6, 6.07) is -2.60. The van der Waals surface area contributed by atoms with Crippen molar-refractivity contribution in [3.05, 3.63) is 0 Å². The van der Waals surface area contributed by atoms with Crippen molar-refractivity contribution in [2.24, 2.45) is 16.1 Å². The molecule has 2 N–H and O–H groups in total. The molecule has 0 saturated carbocycles. The Morgan fingerprint density at radius 2 is 1.56 bits per heavy atom. The monoisotopic (exact) mass is 257 g/mol. The minimum absolute atomic E-state index is 0.507. The Kier molecular flexibility index (Phi) is 4.00. The van der Waals surface area contributed by atoms with Crippen LogP contribution in [0, 0.1) is 5.92 Å². The average molecular weight is 257 g/mol. The Bertz CT molecular complexity index is 400. The Balaban J connectivity index is 3.05.